The minimum Gasteiger partial charge on any atom is -0.333 e. The summed E-state index contributed by atoms with van der Waals surface area (Å²) in [6.45, 7) is 3.74. The van der Waals surface area contributed by atoms with Crippen molar-refractivity contribution >= 4 is 19.7 Å². The van der Waals surface area contributed by atoms with E-state index in [-0.39, 0.29) is 5.03 Å². The third-order valence-electron chi connectivity index (χ3n) is 2.56. The summed E-state index contributed by atoms with van der Waals surface area (Å²) < 4.78 is 24.4. The molecule has 18 heavy (non-hydrogen) atoms. The van der Waals surface area contributed by atoms with Gasteiger partial charge in [0.05, 0.1) is 0 Å². The summed E-state index contributed by atoms with van der Waals surface area (Å²) in [7, 11) is 5.60. The zero-order valence-electron chi connectivity index (χ0n) is 11.1. The maximum absolute atomic E-state index is 11.3. The molecule has 7 heteroatoms. The molecule has 0 aliphatic heterocycles. The van der Waals surface area contributed by atoms with Crippen molar-refractivity contribution < 1.29 is 8.42 Å². The standard InChI is InChI=1S/C11H20ClN3O2S/c1-4-6-10-13-11(18(12,16)17)9-15(10)8-5-7-14(2)3/h9H,4-8H2,1-3H3. The van der Waals surface area contributed by atoms with Gasteiger partial charge in [-0.05, 0) is 33.5 Å². The Morgan fingerprint density at radius 3 is 2.61 bits per heavy atom. The Labute approximate surface area is 113 Å². The van der Waals surface area contributed by atoms with Gasteiger partial charge < -0.3 is 9.47 Å². The first kappa shape index (κ1) is 15.5. The molecule has 0 aliphatic rings. The van der Waals surface area contributed by atoms with E-state index >= 15 is 0 Å². The van der Waals surface area contributed by atoms with Crippen LogP contribution in [0, 0.1) is 0 Å². The Bertz CT molecular complexity index is 482. The Morgan fingerprint density at radius 1 is 1.44 bits per heavy atom. The van der Waals surface area contributed by atoms with Gasteiger partial charge in [0.1, 0.15) is 5.82 Å². The van der Waals surface area contributed by atoms with Crippen LogP contribution in [0.25, 0.3) is 0 Å². The van der Waals surface area contributed by atoms with Crippen molar-refractivity contribution in [1.82, 2.24) is 14.5 Å². The zero-order chi connectivity index (χ0) is 13.8. The molecule has 0 bridgehead atoms. The lowest BCUT2D eigenvalue weighted by Crippen LogP contribution is -2.15. The van der Waals surface area contributed by atoms with E-state index in [1.54, 1.807) is 0 Å². The first-order valence-electron chi connectivity index (χ1n) is 6.00. The number of halogens is 1. The van der Waals surface area contributed by atoms with Crippen molar-refractivity contribution in [2.24, 2.45) is 0 Å². The minimum atomic E-state index is -3.73. The Hall–Kier alpha value is -0.590. The highest BCUT2D eigenvalue weighted by Crippen LogP contribution is 2.16. The second-order valence-corrected chi connectivity index (χ2v) is 7.05. The second kappa shape index (κ2) is 6.54. The maximum Gasteiger partial charge on any atom is 0.280 e. The van der Waals surface area contributed by atoms with Gasteiger partial charge in [0.2, 0.25) is 0 Å². The van der Waals surface area contributed by atoms with Crippen LogP contribution in [-0.4, -0.2) is 43.5 Å². The summed E-state index contributed by atoms with van der Waals surface area (Å²) in [5.41, 5.74) is 0. The van der Waals surface area contributed by atoms with Crippen molar-refractivity contribution in [1.29, 1.82) is 0 Å². The molecule has 1 aromatic rings. The van der Waals surface area contributed by atoms with Crippen LogP contribution >= 0.6 is 10.7 Å². The molecule has 0 radical (unpaired) electrons. The number of hydrogen-bond acceptors (Lipinski definition) is 4. The fourth-order valence-electron chi connectivity index (χ4n) is 1.72. The number of hydrogen-bond donors (Lipinski definition) is 0. The molecule has 0 N–H and O–H groups in total. The first-order valence-corrected chi connectivity index (χ1v) is 8.31. The van der Waals surface area contributed by atoms with Crippen molar-refractivity contribution in [3.63, 3.8) is 0 Å². The molecule has 0 aromatic carbocycles. The fourth-order valence-corrected chi connectivity index (χ4v) is 2.41. The van der Waals surface area contributed by atoms with Gasteiger partial charge in [0.25, 0.3) is 9.05 Å². The lowest BCUT2D eigenvalue weighted by Gasteiger charge is -2.10. The van der Waals surface area contributed by atoms with Crippen LogP contribution in [0.2, 0.25) is 0 Å². The molecule has 1 heterocycles. The third-order valence-corrected chi connectivity index (χ3v) is 3.74. The fraction of sp³-hybridized carbons (Fsp3) is 0.727. The van der Waals surface area contributed by atoms with E-state index in [1.165, 1.54) is 6.20 Å². The second-order valence-electron chi connectivity index (χ2n) is 4.53. The molecule has 0 saturated carbocycles. The number of aromatic nitrogens is 2. The van der Waals surface area contributed by atoms with Gasteiger partial charge in [0, 0.05) is 29.8 Å². The molecule has 0 saturated heterocycles. The van der Waals surface area contributed by atoms with E-state index in [0.29, 0.717) is 0 Å². The largest absolute Gasteiger partial charge is 0.333 e. The summed E-state index contributed by atoms with van der Waals surface area (Å²) in [6, 6.07) is 0. The summed E-state index contributed by atoms with van der Waals surface area (Å²) in [5, 5.41) is -0.0440. The van der Waals surface area contributed by atoms with Gasteiger partial charge in [-0.1, -0.05) is 6.92 Å². The van der Waals surface area contributed by atoms with E-state index in [4.69, 9.17) is 10.7 Å². The monoisotopic (exact) mass is 293 g/mol. The molecule has 5 nitrogen and oxygen atoms in total. The smallest absolute Gasteiger partial charge is 0.280 e. The molecule has 0 unspecified atom stereocenters. The highest BCUT2D eigenvalue weighted by atomic mass is 35.7. The molecule has 104 valence electrons. The zero-order valence-corrected chi connectivity index (χ0v) is 12.6. The quantitative estimate of drug-likeness (QED) is 0.718. The van der Waals surface area contributed by atoms with E-state index < -0.39 is 9.05 Å². The molecule has 0 atom stereocenters. The lowest BCUT2D eigenvalue weighted by molar-refractivity contribution is 0.384. The minimum absolute atomic E-state index is 0.0440. The van der Waals surface area contributed by atoms with Crippen LogP contribution in [-0.2, 0) is 22.0 Å². The Kier molecular flexibility index (Phi) is 5.62. The van der Waals surface area contributed by atoms with Gasteiger partial charge in [-0.2, -0.15) is 0 Å². The van der Waals surface area contributed by atoms with E-state index in [2.05, 4.69) is 9.88 Å². The van der Waals surface area contributed by atoms with Crippen molar-refractivity contribution in [3.05, 3.63) is 12.0 Å². The van der Waals surface area contributed by atoms with Crippen LogP contribution in [0.15, 0.2) is 11.2 Å². The topological polar surface area (TPSA) is 55.2 Å². The Balaban J connectivity index is 2.84. The predicted octanol–water partition coefficient (Wildman–Crippen LogP) is 1.71. The number of rotatable bonds is 7. The van der Waals surface area contributed by atoms with Crippen LogP contribution in [0.4, 0.5) is 0 Å². The number of aryl methyl sites for hydroxylation is 2. The van der Waals surface area contributed by atoms with Crippen LogP contribution in [0.3, 0.4) is 0 Å². The van der Waals surface area contributed by atoms with E-state index in [9.17, 15) is 8.42 Å². The summed E-state index contributed by atoms with van der Waals surface area (Å²) in [6.07, 6.45) is 4.16. The van der Waals surface area contributed by atoms with Gasteiger partial charge in [-0.15, -0.1) is 0 Å². The first-order chi connectivity index (χ1) is 8.34. The summed E-state index contributed by atoms with van der Waals surface area (Å²) in [4.78, 5) is 6.19. The van der Waals surface area contributed by atoms with Crippen LogP contribution < -0.4 is 0 Å². The normalized spacial score (nSPS) is 12.3. The molecule has 0 aliphatic carbocycles. The summed E-state index contributed by atoms with van der Waals surface area (Å²) >= 11 is 0. The molecule has 0 spiro atoms. The number of nitrogens with zero attached hydrogens (tertiary/aromatic N) is 3. The van der Waals surface area contributed by atoms with Crippen molar-refractivity contribution in [2.45, 2.75) is 37.8 Å². The molecule has 0 fully saturated rings. The highest BCUT2D eigenvalue weighted by Gasteiger charge is 2.17. The third kappa shape index (κ3) is 4.59. The molecular formula is C11H20ClN3O2S. The van der Waals surface area contributed by atoms with E-state index in [1.807, 2.05) is 25.6 Å². The van der Waals surface area contributed by atoms with Crippen molar-refractivity contribution in [3.8, 4) is 0 Å². The molecule has 0 amide bonds. The van der Waals surface area contributed by atoms with Gasteiger partial charge >= 0.3 is 0 Å². The highest BCUT2D eigenvalue weighted by molar-refractivity contribution is 8.13. The van der Waals surface area contributed by atoms with Crippen LogP contribution in [0.5, 0.6) is 0 Å². The molecule has 1 aromatic heterocycles. The predicted molar refractivity (Wildman–Crippen MR) is 72.4 cm³/mol. The molecular weight excluding hydrogens is 274 g/mol. The van der Waals surface area contributed by atoms with Crippen LogP contribution in [0.1, 0.15) is 25.6 Å². The lowest BCUT2D eigenvalue weighted by atomic mass is 10.3. The SMILES string of the molecule is CCCc1nc(S(=O)(=O)Cl)cn1CCCN(C)C. The number of imidazole rings is 1. The Morgan fingerprint density at radius 2 is 2.11 bits per heavy atom. The summed E-state index contributed by atoms with van der Waals surface area (Å²) in [5.74, 6) is 0.787. The van der Waals surface area contributed by atoms with Gasteiger partial charge in [0.15, 0.2) is 5.03 Å². The van der Waals surface area contributed by atoms with Gasteiger partial charge in [-0.3, -0.25) is 0 Å². The average molecular weight is 294 g/mol. The maximum atomic E-state index is 11.3. The van der Waals surface area contributed by atoms with Gasteiger partial charge in [-0.25, -0.2) is 13.4 Å². The van der Waals surface area contributed by atoms with Crippen molar-refractivity contribution in [2.75, 3.05) is 20.6 Å². The molecule has 1 rings (SSSR count). The average Bonchev–Trinajstić information content (AvgIpc) is 2.61. The van der Waals surface area contributed by atoms with E-state index in [0.717, 1.165) is 38.2 Å².